The minimum atomic E-state index is -0.419. The van der Waals surface area contributed by atoms with Crippen LogP contribution in [0.4, 0.5) is 10.1 Å². The summed E-state index contributed by atoms with van der Waals surface area (Å²) in [5.74, 6) is -0.703. The van der Waals surface area contributed by atoms with E-state index in [1.165, 1.54) is 6.07 Å². The number of hydrogen-bond donors (Lipinski definition) is 1. The molecule has 2 rings (SSSR count). The van der Waals surface area contributed by atoms with Gasteiger partial charge in [0.05, 0.1) is 11.1 Å². The second-order valence-corrected chi connectivity index (χ2v) is 5.02. The Balaban J connectivity index is 2.11. The van der Waals surface area contributed by atoms with Gasteiger partial charge in [0.25, 0.3) is 5.91 Å². The van der Waals surface area contributed by atoms with Crippen LogP contribution in [0.25, 0.3) is 0 Å². The third-order valence-corrected chi connectivity index (χ3v) is 3.42. The molecule has 0 unspecified atom stereocenters. The molecule has 1 heterocycles. The Kier molecular flexibility index (Phi) is 4.92. The van der Waals surface area contributed by atoms with Crippen molar-refractivity contribution < 1.29 is 13.9 Å². The highest BCUT2D eigenvalue weighted by Gasteiger charge is 2.11. The summed E-state index contributed by atoms with van der Waals surface area (Å²) >= 11 is 3.07. The van der Waals surface area contributed by atoms with Gasteiger partial charge in [0, 0.05) is 25.5 Å². The van der Waals surface area contributed by atoms with Crippen LogP contribution in [0.15, 0.2) is 41.0 Å². The van der Waals surface area contributed by atoms with Gasteiger partial charge in [0.1, 0.15) is 11.5 Å². The number of aromatic nitrogens is 1. The van der Waals surface area contributed by atoms with E-state index in [2.05, 4.69) is 21.2 Å². The van der Waals surface area contributed by atoms with Crippen molar-refractivity contribution in [2.45, 2.75) is 6.54 Å². The lowest BCUT2D eigenvalue weighted by atomic mass is 10.3. The second kappa shape index (κ2) is 6.67. The zero-order valence-corrected chi connectivity index (χ0v) is 12.5. The summed E-state index contributed by atoms with van der Waals surface area (Å²) in [6, 6.07) is 7.94. The number of nitrogens with one attached hydrogen (secondary N) is 1. The molecule has 0 aliphatic heterocycles. The number of benzene rings is 1. The minimum Gasteiger partial charge on any atom is -0.383 e. The molecular weight excluding hydrogens is 327 g/mol. The summed E-state index contributed by atoms with van der Waals surface area (Å²) in [4.78, 5) is 12.1. The Bertz CT molecular complexity index is 613. The van der Waals surface area contributed by atoms with E-state index >= 15 is 0 Å². The van der Waals surface area contributed by atoms with Gasteiger partial charge in [-0.1, -0.05) is 0 Å². The van der Waals surface area contributed by atoms with Crippen molar-refractivity contribution in [1.82, 2.24) is 4.57 Å². The monoisotopic (exact) mass is 340 g/mol. The van der Waals surface area contributed by atoms with E-state index in [0.717, 1.165) is 0 Å². The SMILES string of the molecule is COCCn1cccc1C(=O)Nc1ccc(Br)c(F)c1. The predicted octanol–water partition coefficient (Wildman–Crippen LogP) is 3.29. The van der Waals surface area contributed by atoms with Crippen LogP contribution in [0, 0.1) is 5.82 Å². The summed E-state index contributed by atoms with van der Waals surface area (Å²) in [5.41, 5.74) is 0.917. The average Bonchev–Trinajstić information content (AvgIpc) is 2.89. The van der Waals surface area contributed by atoms with Gasteiger partial charge in [-0.05, 0) is 46.3 Å². The van der Waals surface area contributed by atoms with Crippen LogP contribution in [0.2, 0.25) is 0 Å². The molecule has 0 saturated heterocycles. The van der Waals surface area contributed by atoms with Crippen molar-refractivity contribution in [2.75, 3.05) is 19.0 Å². The van der Waals surface area contributed by atoms with E-state index in [9.17, 15) is 9.18 Å². The number of nitrogens with zero attached hydrogens (tertiary/aromatic N) is 1. The molecule has 0 atom stereocenters. The number of halogens is 2. The molecule has 0 fully saturated rings. The molecule has 1 amide bonds. The summed E-state index contributed by atoms with van der Waals surface area (Å²) in [6.07, 6.45) is 1.80. The Morgan fingerprint density at radius 2 is 2.25 bits per heavy atom. The van der Waals surface area contributed by atoms with Crippen LogP contribution in [-0.2, 0) is 11.3 Å². The Hall–Kier alpha value is -1.66. The highest BCUT2D eigenvalue weighted by atomic mass is 79.9. The second-order valence-electron chi connectivity index (χ2n) is 4.16. The molecule has 0 radical (unpaired) electrons. The van der Waals surface area contributed by atoms with Gasteiger partial charge in [0.2, 0.25) is 0 Å². The Labute approximate surface area is 124 Å². The van der Waals surface area contributed by atoms with Crippen LogP contribution in [-0.4, -0.2) is 24.2 Å². The fraction of sp³-hybridized carbons (Fsp3) is 0.214. The number of carbonyl (C=O) groups is 1. The summed E-state index contributed by atoms with van der Waals surface area (Å²) in [6.45, 7) is 1.10. The van der Waals surface area contributed by atoms with Gasteiger partial charge in [-0.15, -0.1) is 0 Å². The van der Waals surface area contributed by atoms with Crippen molar-refractivity contribution in [3.63, 3.8) is 0 Å². The third-order valence-electron chi connectivity index (χ3n) is 2.78. The number of methoxy groups -OCH3 is 1. The first-order valence-corrected chi connectivity index (χ1v) is 6.81. The van der Waals surface area contributed by atoms with Crippen LogP contribution in [0.5, 0.6) is 0 Å². The Morgan fingerprint density at radius 1 is 1.45 bits per heavy atom. The molecule has 106 valence electrons. The van der Waals surface area contributed by atoms with Crippen LogP contribution in [0.3, 0.4) is 0 Å². The van der Waals surface area contributed by atoms with E-state index < -0.39 is 5.82 Å². The molecule has 1 aromatic carbocycles. The van der Waals surface area contributed by atoms with Gasteiger partial charge < -0.3 is 14.6 Å². The summed E-state index contributed by atoms with van der Waals surface area (Å²) in [5, 5.41) is 2.67. The van der Waals surface area contributed by atoms with Crippen LogP contribution in [0.1, 0.15) is 10.5 Å². The first kappa shape index (κ1) is 14.7. The van der Waals surface area contributed by atoms with Crippen molar-refractivity contribution in [3.05, 3.63) is 52.5 Å². The van der Waals surface area contributed by atoms with Gasteiger partial charge in [0.15, 0.2) is 0 Å². The highest BCUT2D eigenvalue weighted by Crippen LogP contribution is 2.19. The van der Waals surface area contributed by atoms with Crippen LogP contribution < -0.4 is 5.32 Å². The smallest absolute Gasteiger partial charge is 0.272 e. The van der Waals surface area contributed by atoms with Gasteiger partial charge >= 0.3 is 0 Å². The lowest BCUT2D eigenvalue weighted by molar-refractivity contribution is 0.101. The molecule has 4 nitrogen and oxygen atoms in total. The summed E-state index contributed by atoms with van der Waals surface area (Å²) in [7, 11) is 1.61. The topological polar surface area (TPSA) is 43.3 Å². The molecule has 2 aromatic rings. The minimum absolute atomic E-state index is 0.284. The predicted molar refractivity (Wildman–Crippen MR) is 78.4 cm³/mol. The zero-order chi connectivity index (χ0) is 14.5. The number of amides is 1. The first-order chi connectivity index (χ1) is 9.61. The third kappa shape index (κ3) is 3.46. The maximum atomic E-state index is 13.4. The van der Waals surface area contributed by atoms with E-state index in [0.29, 0.717) is 29.0 Å². The van der Waals surface area contributed by atoms with Crippen molar-refractivity contribution in [2.24, 2.45) is 0 Å². The molecule has 0 aliphatic rings. The van der Waals surface area contributed by atoms with Gasteiger partial charge in [-0.2, -0.15) is 0 Å². The molecule has 0 saturated carbocycles. The van der Waals surface area contributed by atoms with Gasteiger partial charge in [-0.25, -0.2) is 4.39 Å². The maximum Gasteiger partial charge on any atom is 0.272 e. The average molecular weight is 341 g/mol. The van der Waals surface area contributed by atoms with E-state index in [4.69, 9.17) is 4.74 Å². The van der Waals surface area contributed by atoms with E-state index in [1.54, 1.807) is 42.1 Å². The fourth-order valence-corrected chi connectivity index (χ4v) is 2.02. The zero-order valence-electron chi connectivity index (χ0n) is 10.9. The molecule has 0 bridgehead atoms. The molecule has 1 N–H and O–H groups in total. The molecule has 0 spiro atoms. The van der Waals surface area contributed by atoms with Crippen molar-refractivity contribution >= 4 is 27.5 Å². The fourth-order valence-electron chi connectivity index (χ4n) is 1.77. The molecule has 1 aromatic heterocycles. The normalized spacial score (nSPS) is 10.6. The molecule has 6 heteroatoms. The van der Waals surface area contributed by atoms with Crippen molar-refractivity contribution in [1.29, 1.82) is 0 Å². The number of hydrogen-bond acceptors (Lipinski definition) is 2. The summed E-state index contributed by atoms with van der Waals surface area (Å²) < 4.78 is 20.5. The molecule has 20 heavy (non-hydrogen) atoms. The van der Waals surface area contributed by atoms with Crippen molar-refractivity contribution in [3.8, 4) is 0 Å². The van der Waals surface area contributed by atoms with E-state index in [1.807, 2.05) is 0 Å². The first-order valence-electron chi connectivity index (χ1n) is 6.02. The number of ether oxygens (including phenoxy) is 1. The molecular formula is C14H14BrFN2O2. The molecule has 0 aliphatic carbocycles. The number of anilines is 1. The van der Waals surface area contributed by atoms with Crippen LogP contribution >= 0.6 is 15.9 Å². The van der Waals surface area contributed by atoms with Gasteiger partial charge in [-0.3, -0.25) is 4.79 Å². The maximum absolute atomic E-state index is 13.4. The Morgan fingerprint density at radius 3 is 2.95 bits per heavy atom. The lowest BCUT2D eigenvalue weighted by Crippen LogP contribution is -2.18. The standard InChI is InChI=1S/C14H14BrFN2O2/c1-20-8-7-18-6-2-3-13(18)14(19)17-10-4-5-11(15)12(16)9-10/h2-6,9H,7-8H2,1H3,(H,17,19). The number of rotatable bonds is 5. The van der Waals surface area contributed by atoms with E-state index in [-0.39, 0.29) is 5.91 Å². The number of carbonyl (C=O) groups excluding carboxylic acids is 1. The lowest BCUT2D eigenvalue weighted by Gasteiger charge is -2.09. The highest BCUT2D eigenvalue weighted by molar-refractivity contribution is 9.10. The largest absolute Gasteiger partial charge is 0.383 e. The quantitative estimate of drug-likeness (QED) is 0.907.